The minimum absolute atomic E-state index is 0.0284. The third-order valence-corrected chi connectivity index (χ3v) is 3.00. The molecule has 0 aliphatic heterocycles. The molecule has 1 aromatic rings. The predicted octanol–water partition coefficient (Wildman–Crippen LogP) is 0.471. The van der Waals surface area contributed by atoms with Crippen molar-refractivity contribution in [3.05, 3.63) is 27.5 Å². The molecule has 6 heteroatoms. The van der Waals surface area contributed by atoms with Crippen molar-refractivity contribution in [2.75, 3.05) is 20.0 Å². The zero-order valence-electron chi connectivity index (χ0n) is 9.98. The molecule has 0 saturated carbocycles. The summed E-state index contributed by atoms with van der Waals surface area (Å²) < 4.78 is 10.6. The largest absolute Gasteiger partial charge is 0.498 e. The van der Waals surface area contributed by atoms with Gasteiger partial charge in [-0.1, -0.05) is 6.92 Å². The second kappa shape index (κ2) is 4.21. The van der Waals surface area contributed by atoms with Crippen molar-refractivity contribution in [3.63, 3.8) is 0 Å². The molecule has 2 atom stereocenters. The van der Waals surface area contributed by atoms with Crippen LogP contribution in [0.3, 0.4) is 0 Å². The fourth-order valence-electron chi connectivity index (χ4n) is 2.23. The average molecular weight is 237 g/mol. The highest BCUT2D eigenvalue weighted by Crippen LogP contribution is 2.36. The normalized spacial score (nSPS) is 22.9. The van der Waals surface area contributed by atoms with E-state index in [0.717, 1.165) is 5.56 Å². The van der Waals surface area contributed by atoms with Crippen LogP contribution < -0.4 is 11.4 Å². The maximum Gasteiger partial charge on any atom is 0.347 e. The first kappa shape index (κ1) is 11.7. The van der Waals surface area contributed by atoms with E-state index in [1.54, 1.807) is 20.3 Å². The number of H-pyrrole nitrogens is 1. The molecule has 0 amide bonds. The first-order chi connectivity index (χ1) is 8.08. The Morgan fingerprint density at radius 2 is 2.18 bits per heavy atom. The van der Waals surface area contributed by atoms with Crippen LogP contribution in [0.25, 0.3) is 6.08 Å². The van der Waals surface area contributed by atoms with Crippen LogP contribution in [-0.2, 0) is 9.47 Å². The number of hydrogen-bond donors (Lipinski definition) is 2. The number of anilines is 1. The highest BCUT2D eigenvalue weighted by atomic mass is 16.5. The number of ether oxygens (including phenoxy) is 2. The molecule has 0 aromatic carbocycles. The molecule has 17 heavy (non-hydrogen) atoms. The van der Waals surface area contributed by atoms with E-state index in [9.17, 15) is 4.79 Å². The van der Waals surface area contributed by atoms with Gasteiger partial charge >= 0.3 is 5.69 Å². The van der Waals surface area contributed by atoms with Crippen LogP contribution in [0.1, 0.15) is 24.1 Å². The van der Waals surface area contributed by atoms with Crippen molar-refractivity contribution in [1.82, 2.24) is 9.97 Å². The van der Waals surface area contributed by atoms with Gasteiger partial charge in [-0.15, -0.1) is 0 Å². The number of methoxy groups -OCH3 is 2. The summed E-state index contributed by atoms with van der Waals surface area (Å²) in [5, 5.41) is 0. The Hall–Kier alpha value is -1.82. The number of aromatic amines is 1. The first-order valence-electron chi connectivity index (χ1n) is 5.26. The summed E-state index contributed by atoms with van der Waals surface area (Å²) in [5.74, 6) is 0.873. The smallest absolute Gasteiger partial charge is 0.347 e. The van der Waals surface area contributed by atoms with E-state index in [1.165, 1.54) is 0 Å². The van der Waals surface area contributed by atoms with Crippen LogP contribution in [0.15, 0.2) is 10.6 Å². The molecule has 2 rings (SSSR count). The lowest BCUT2D eigenvalue weighted by molar-refractivity contribution is 0.0631. The van der Waals surface area contributed by atoms with Crippen LogP contribution in [-0.4, -0.2) is 30.3 Å². The zero-order chi connectivity index (χ0) is 12.6. The molecule has 0 saturated heterocycles. The second-order valence-electron chi connectivity index (χ2n) is 3.95. The molecule has 1 aliphatic rings. The van der Waals surface area contributed by atoms with Gasteiger partial charge in [0, 0.05) is 24.7 Å². The van der Waals surface area contributed by atoms with E-state index in [4.69, 9.17) is 15.2 Å². The van der Waals surface area contributed by atoms with Gasteiger partial charge < -0.3 is 20.2 Å². The van der Waals surface area contributed by atoms with Gasteiger partial charge in [-0.2, -0.15) is 4.98 Å². The Bertz CT molecular complexity index is 521. The Labute approximate surface area is 98.5 Å². The second-order valence-corrected chi connectivity index (χ2v) is 3.95. The van der Waals surface area contributed by atoms with Crippen molar-refractivity contribution < 1.29 is 9.47 Å². The van der Waals surface area contributed by atoms with Gasteiger partial charge in [0.25, 0.3) is 0 Å². The molecule has 92 valence electrons. The number of nitrogens with one attached hydrogen (secondary N) is 1. The molecular formula is C11H15N3O3. The van der Waals surface area contributed by atoms with E-state index in [-0.39, 0.29) is 17.8 Å². The summed E-state index contributed by atoms with van der Waals surface area (Å²) in [6, 6.07) is 0. The third kappa shape index (κ3) is 1.80. The highest BCUT2D eigenvalue weighted by Gasteiger charge is 2.32. The fourth-order valence-corrected chi connectivity index (χ4v) is 2.23. The molecule has 1 aliphatic carbocycles. The first-order valence-corrected chi connectivity index (χ1v) is 5.26. The van der Waals surface area contributed by atoms with Gasteiger partial charge in [0.05, 0.1) is 12.8 Å². The lowest BCUT2D eigenvalue weighted by Gasteiger charge is -2.29. The maximum absolute atomic E-state index is 11.3. The number of hydrogen-bond acceptors (Lipinski definition) is 5. The van der Waals surface area contributed by atoms with Crippen molar-refractivity contribution in [2.24, 2.45) is 0 Å². The number of nitrogens with zero attached hydrogens (tertiary/aromatic N) is 1. The summed E-state index contributed by atoms with van der Waals surface area (Å²) in [6.45, 7) is 1.95. The molecule has 0 bridgehead atoms. The minimum Gasteiger partial charge on any atom is -0.498 e. The Morgan fingerprint density at radius 1 is 1.47 bits per heavy atom. The summed E-state index contributed by atoms with van der Waals surface area (Å²) in [5.41, 5.74) is 6.75. The van der Waals surface area contributed by atoms with Crippen LogP contribution in [0, 0.1) is 0 Å². The zero-order valence-corrected chi connectivity index (χ0v) is 9.98. The summed E-state index contributed by atoms with van der Waals surface area (Å²) in [6.07, 6.45) is 1.51. The lowest BCUT2D eigenvalue weighted by atomic mass is 9.88. The van der Waals surface area contributed by atoms with Crippen LogP contribution >= 0.6 is 0 Å². The monoisotopic (exact) mass is 237 g/mol. The van der Waals surface area contributed by atoms with Crippen molar-refractivity contribution in [3.8, 4) is 0 Å². The number of rotatable bonds is 2. The van der Waals surface area contributed by atoms with E-state index < -0.39 is 5.69 Å². The molecule has 1 aromatic heterocycles. The molecule has 6 nitrogen and oxygen atoms in total. The Balaban J connectivity index is 2.64. The quantitative estimate of drug-likeness (QED) is 0.780. The van der Waals surface area contributed by atoms with Crippen molar-refractivity contribution in [2.45, 2.75) is 18.9 Å². The molecule has 2 unspecified atom stereocenters. The Kier molecular flexibility index (Phi) is 2.89. The van der Waals surface area contributed by atoms with Gasteiger partial charge in [-0.3, -0.25) is 0 Å². The van der Waals surface area contributed by atoms with Gasteiger partial charge in [-0.25, -0.2) is 4.79 Å². The van der Waals surface area contributed by atoms with E-state index in [1.807, 2.05) is 6.92 Å². The highest BCUT2D eigenvalue weighted by molar-refractivity contribution is 5.63. The topological polar surface area (TPSA) is 90.2 Å². The SMILES string of the molecule is COC1=Cc2[nH]c(=O)nc(N)c2C(C)C1OC. The lowest BCUT2D eigenvalue weighted by Crippen LogP contribution is -2.30. The van der Waals surface area contributed by atoms with E-state index >= 15 is 0 Å². The minimum atomic E-state index is -0.462. The Morgan fingerprint density at radius 3 is 2.76 bits per heavy atom. The standard InChI is InChI=1S/C11H15N3O3/c1-5-8-6(13-11(15)14-10(8)12)4-7(16-2)9(5)17-3/h4-5,9H,1-3H3,(H3,12,13,14,15). The van der Waals surface area contributed by atoms with Crippen LogP contribution in [0.2, 0.25) is 0 Å². The number of aromatic nitrogens is 2. The molecule has 0 fully saturated rings. The van der Waals surface area contributed by atoms with Crippen molar-refractivity contribution in [1.29, 1.82) is 0 Å². The van der Waals surface area contributed by atoms with Crippen LogP contribution in [0.4, 0.5) is 5.82 Å². The summed E-state index contributed by atoms with van der Waals surface area (Å²) >= 11 is 0. The summed E-state index contributed by atoms with van der Waals surface area (Å²) in [4.78, 5) is 17.6. The predicted molar refractivity (Wildman–Crippen MR) is 63.5 cm³/mol. The van der Waals surface area contributed by atoms with Gasteiger partial charge in [0.15, 0.2) is 0 Å². The number of nitrogens with two attached hydrogens (primary N) is 1. The molecule has 3 N–H and O–H groups in total. The van der Waals surface area contributed by atoms with Gasteiger partial charge in [-0.05, 0) is 0 Å². The van der Waals surface area contributed by atoms with E-state index in [0.29, 0.717) is 11.5 Å². The molecule has 0 spiro atoms. The maximum atomic E-state index is 11.3. The average Bonchev–Trinajstić information content (AvgIpc) is 2.27. The molecule has 0 radical (unpaired) electrons. The number of fused-ring (bicyclic) bond motifs is 1. The van der Waals surface area contributed by atoms with Gasteiger partial charge in [0.1, 0.15) is 17.7 Å². The van der Waals surface area contributed by atoms with E-state index in [2.05, 4.69) is 9.97 Å². The van der Waals surface area contributed by atoms with Crippen LogP contribution in [0.5, 0.6) is 0 Å². The molecule has 1 heterocycles. The number of nitrogen functional groups attached to an aromatic ring is 1. The molecular weight excluding hydrogens is 222 g/mol. The third-order valence-electron chi connectivity index (χ3n) is 3.00. The fraction of sp³-hybridized carbons (Fsp3) is 0.455. The summed E-state index contributed by atoms with van der Waals surface area (Å²) in [7, 11) is 3.17. The van der Waals surface area contributed by atoms with Crippen molar-refractivity contribution >= 4 is 11.9 Å². The van der Waals surface area contributed by atoms with Gasteiger partial charge in [0.2, 0.25) is 0 Å².